The Morgan fingerprint density at radius 3 is 2.59 bits per heavy atom. The Bertz CT molecular complexity index is 1590. The minimum atomic E-state index is -0.529. The third-order valence-corrected chi connectivity index (χ3v) is 5.63. The van der Waals surface area contributed by atoms with Gasteiger partial charge >= 0.3 is 5.97 Å². The van der Waals surface area contributed by atoms with Gasteiger partial charge in [-0.05, 0) is 39.0 Å². The van der Waals surface area contributed by atoms with E-state index in [-0.39, 0.29) is 18.2 Å². The maximum Gasteiger partial charge on any atom is 0.339 e. The van der Waals surface area contributed by atoms with Crippen LogP contribution in [0.4, 0.5) is 0 Å². The number of ether oxygens (including phenoxy) is 1. The Balaban J connectivity index is 1.52. The smallest absolute Gasteiger partial charge is 0.339 e. The van der Waals surface area contributed by atoms with E-state index < -0.39 is 5.97 Å². The molecule has 0 spiro atoms. The summed E-state index contributed by atoms with van der Waals surface area (Å²) in [7, 11) is 0. The molecule has 0 unspecified atom stereocenters. The summed E-state index contributed by atoms with van der Waals surface area (Å²) in [6.07, 6.45) is 1.64. The van der Waals surface area contributed by atoms with Crippen LogP contribution >= 0.6 is 0 Å². The van der Waals surface area contributed by atoms with Crippen LogP contribution in [0.1, 0.15) is 41.6 Å². The average Bonchev–Trinajstić information content (AvgIpc) is 3.27. The lowest BCUT2D eigenvalue weighted by Gasteiger charge is -2.11. The van der Waals surface area contributed by atoms with Gasteiger partial charge in [0.05, 0.1) is 28.5 Å². The number of fused-ring (bicyclic) bond motifs is 2. The summed E-state index contributed by atoms with van der Waals surface area (Å²) in [4.78, 5) is 35.0. The van der Waals surface area contributed by atoms with Crippen molar-refractivity contribution in [1.29, 1.82) is 0 Å². The van der Waals surface area contributed by atoms with Gasteiger partial charge in [-0.2, -0.15) is 5.10 Å². The van der Waals surface area contributed by atoms with E-state index >= 15 is 0 Å². The minimum Gasteiger partial charge on any atom is -0.456 e. The van der Waals surface area contributed by atoms with Crippen LogP contribution in [-0.4, -0.2) is 30.1 Å². The highest BCUT2D eigenvalue weighted by Crippen LogP contribution is 2.27. The Labute approximate surface area is 195 Å². The molecule has 170 valence electrons. The van der Waals surface area contributed by atoms with Crippen molar-refractivity contribution >= 4 is 22.6 Å². The molecule has 0 saturated carbocycles. The first-order valence-electron chi connectivity index (χ1n) is 11.0. The maximum absolute atomic E-state index is 13.2. The monoisotopic (exact) mass is 453 g/mol. The number of hydrogen-bond donors (Lipinski definition) is 0. The Hall–Kier alpha value is -4.33. The number of esters is 1. The third-order valence-electron chi connectivity index (χ3n) is 5.63. The van der Waals surface area contributed by atoms with Gasteiger partial charge in [0.25, 0.3) is 5.56 Å². The van der Waals surface area contributed by atoms with E-state index in [1.165, 1.54) is 10.5 Å². The van der Waals surface area contributed by atoms with E-state index in [1.807, 2.05) is 63.2 Å². The van der Waals surface area contributed by atoms with Gasteiger partial charge in [-0.3, -0.25) is 9.20 Å². The zero-order valence-electron chi connectivity index (χ0n) is 19.1. The second kappa shape index (κ2) is 8.55. The first-order chi connectivity index (χ1) is 16.4. The van der Waals surface area contributed by atoms with Gasteiger partial charge in [-0.25, -0.2) is 19.4 Å². The summed E-state index contributed by atoms with van der Waals surface area (Å²) < 4.78 is 8.91. The van der Waals surface area contributed by atoms with Crippen molar-refractivity contribution in [2.24, 2.45) is 0 Å². The van der Waals surface area contributed by atoms with Gasteiger partial charge in [0.2, 0.25) is 0 Å². The summed E-state index contributed by atoms with van der Waals surface area (Å²) >= 11 is 0. The van der Waals surface area contributed by atoms with Gasteiger partial charge in [0.1, 0.15) is 12.3 Å². The molecule has 5 aromatic rings. The molecule has 0 bridgehead atoms. The first-order valence-corrected chi connectivity index (χ1v) is 11.0. The number of carbonyl (C=O) groups is 1. The van der Waals surface area contributed by atoms with Crippen LogP contribution in [0.25, 0.3) is 27.9 Å². The van der Waals surface area contributed by atoms with Gasteiger partial charge in [-0.15, -0.1) is 0 Å². The Morgan fingerprint density at radius 2 is 1.82 bits per heavy atom. The SMILES string of the molecule is Cc1cccc2nc(COC(=O)c3cc(-c4ccccc4)nc4c3cnn4C(C)C)cc(=O)n12. The molecule has 0 saturated heterocycles. The maximum atomic E-state index is 13.2. The summed E-state index contributed by atoms with van der Waals surface area (Å²) in [5.41, 5.74) is 3.97. The number of carbonyl (C=O) groups excluding carboxylic acids is 1. The molecule has 0 atom stereocenters. The minimum absolute atomic E-state index is 0.0677. The lowest BCUT2D eigenvalue weighted by Crippen LogP contribution is -2.18. The van der Waals surface area contributed by atoms with Gasteiger partial charge in [0, 0.05) is 23.4 Å². The van der Waals surface area contributed by atoms with Gasteiger partial charge in [-0.1, -0.05) is 36.4 Å². The van der Waals surface area contributed by atoms with Gasteiger partial charge in [0.15, 0.2) is 5.65 Å². The Morgan fingerprint density at radius 1 is 1.03 bits per heavy atom. The highest BCUT2D eigenvalue weighted by Gasteiger charge is 2.20. The molecular weight excluding hydrogens is 430 g/mol. The van der Waals surface area contributed by atoms with Crippen molar-refractivity contribution < 1.29 is 9.53 Å². The largest absolute Gasteiger partial charge is 0.456 e. The van der Waals surface area contributed by atoms with Crippen molar-refractivity contribution in [2.45, 2.75) is 33.4 Å². The Kier molecular flexibility index (Phi) is 5.41. The molecule has 0 aliphatic rings. The topological polar surface area (TPSA) is 91.4 Å². The van der Waals surface area contributed by atoms with Crippen molar-refractivity contribution in [3.8, 4) is 11.3 Å². The number of hydrogen-bond acceptors (Lipinski definition) is 6. The zero-order valence-corrected chi connectivity index (χ0v) is 19.1. The molecule has 8 heteroatoms. The van der Waals surface area contributed by atoms with E-state index in [0.29, 0.717) is 33.6 Å². The lowest BCUT2D eigenvalue weighted by atomic mass is 10.1. The van der Waals surface area contributed by atoms with Crippen LogP contribution in [0.15, 0.2) is 71.7 Å². The summed E-state index contributed by atoms with van der Waals surface area (Å²) in [5, 5.41) is 5.05. The van der Waals surface area contributed by atoms with E-state index in [4.69, 9.17) is 9.72 Å². The van der Waals surface area contributed by atoms with Crippen molar-refractivity contribution in [1.82, 2.24) is 24.1 Å². The molecule has 34 heavy (non-hydrogen) atoms. The predicted octanol–water partition coefficient (Wildman–Crippen LogP) is 4.35. The van der Waals surface area contributed by atoms with E-state index in [9.17, 15) is 9.59 Å². The zero-order chi connectivity index (χ0) is 23.8. The van der Waals surface area contributed by atoms with Crippen LogP contribution in [0.5, 0.6) is 0 Å². The number of aromatic nitrogens is 5. The fraction of sp³-hybridized carbons (Fsp3) is 0.192. The van der Waals surface area contributed by atoms with Crippen LogP contribution in [0, 0.1) is 6.92 Å². The molecule has 5 rings (SSSR count). The molecule has 0 fully saturated rings. The normalized spacial score (nSPS) is 11.4. The van der Waals surface area contributed by atoms with E-state index in [0.717, 1.165) is 11.3 Å². The molecule has 4 aromatic heterocycles. The molecular formula is C26H23N5O3. The standard InChI is InChI=1S/C26H23N5O3/c1-16(2)31-25-21(14-27-31)20(13-22(29-25)18-9-5-4-6-10-18)26(33)34-15-19-12-24(32)30-17(3)8-7-11-23(30)28-19/h4-14,16H,15H2,1-3H3. The third kappa shape index (κ3) is 3.83. The second-order valence-electron chi connectivity index (χ2n) is 8.36. The number of benzene rings is 1. The number of pyridine rings is 2. The molecule has 8 nitrogen and oxygen atoms in total. The van der Waals surface area contributed by atoms with Crippen LogP contribution in [0.2, 0.25) is 0 Å². The van der Waals surface area contributed by atoms with Crippen LogP contribution in [-0.2, 0) is 11.3 Å². The number of aryl methyl sites for hydroxylation is 1. The van der Waals surface area contributed by atoms with Crippen molar-refractivity contribution in [3.05, 3.63) is 94.2 Å². The summed E-state index contributed by atoms with van der Waals surface area (Å²) in [5.74, 6) is -0.529. The number of rotatable bonds is 5. The fourth-order valence-corrected chi connectivity index (χ4v) is 3.98. The first kappa shape index (κ1) is 21.5. The van der Waals surface area contributed by atoms with E-state index in [2.05, 4.69) is 10.1 Å². The molecule has 0 aliphatic heterocycles. The lowest BCUT2D eigenvalue weighted by molar-refractivity contribution is 0.0470. The number of nitrogens with zero attached hydrogens (tertiary/aromatic N) is 5. The molecule has 0 radical (unpaired) electrons. The quantitative estimate of drug-likeness (QED) is 0.368. The highest BCUT2D eigenvalue weighted by atomic mass is 16.5. The van der Waals surface area contributed by atoms with Crippen LogP contribution < -0.4 is 5.56 Å². The highest BCUT2D eigenvalue weighted by molar-refractivity contribution is 6.03. The molecule has 0 N–H and O–H groups in total. The molecule has 0 amide bonds. The van der Waals surface area contributed by atoms with Crippen LogP contribution in [0.3, 0.4) is 0 Å². The summed E-state index contributed by atoms with van der Waals surface area (Å²) in [6, 6.07) is 18.2. The fourth-order valence-electron chi connectivity index (χ4n) is 3.98. The van der Waals surface area contributed by atoms with E-state index in [1.54, 1.807) is 23.0 Å². The predicted molar refractivity (Wildman–Crippen MR) is 129 cm³/mol. The van der Waals surface area contributed by atoms with Crippen molar-refractivity contribution in [2.75, 3.05) is 0 Å². The van der Waals surface area contributed by atoms with Crippen molar-refractivity contribution in [3.63, 3.8) is 0 Å². The summed E-state index contributed by atoms with van der Waals surface area (Å²) in [6.45, 7) is 5.73. The second-order valence-corrected chi connectivity index (χ2v) is 8.36. The van der Waals surface area contributed by atoms with Gasteiger partial charge < -0.3 is 4.74 Å². The average molecular weight is 454 g/mol. The molecule has 1 aromatic carbocycles. The molecule has 0 aliphatic carbocycles. The molecule has 4 heterocycles.